The number of halogens is 1. The normalized spacial score (nSPS) is 11.2. The number of nitrogens with two attached hydrogens (primary N) is 1. The van der Waals surface area contributed by atoms with Gasteiger partial charge in [-0.2, -0.15) is 10.4 Å². The van der Waals surface area contributed by atoms with Crippen LogP contribution < -0.4 is 11.1 Å². The third-order valence-corrected chi connectivity index (χ3v) is 4.91. The van der Waals surface area contributed by atoms with Crippen LogP contribution in [0.3, 0.4) is 0 Å². The lowest BCUT2D eigenvalue weighted by Crippen LogP contribution is -2.34. The van der Waals surface area contributed by atoms with Crippen LogP contribution >= 0.6 is 11.6 Å². The van der Waals surface area contributed by atoms with Crippen molar-refractivity contribution in [3.63, 3.8) is 0 Å². The highest BCUT2D eigenvalue weighted by Gasteiger charge is 2.25. The predicted molar refractivity (Wildman–Crippen MR) is 119 cm³/mol. The standard InChI is InChI=1S/C23H24ClN5O/c1-15-4-6-16(7-5-15)21(30)20-19(14-25)22(27-13-12-23(2,3)26)29(28-20)18-10-8-17(24)9-11-18/h4-11,27H,12-13,26H2,1-3H3. The van der Waals surface area contributed by atoms with Gasteiger partial charge >= 0.3 is 0 Å². The van der Waals surface area contributed by atoms with Crippen LogP contribution in [0.5, 0.6) is 0 Å². The number of nitrogens with one attached hydrogen (secondary N) is 1. The van der Waals surface area contributed by atoms with Crippen molar-refractivity contribution in [3.8, 4) is 11.8 Å². The highest BCUT2D eigenvalue weighted by atomic mass is 35.5. The minimum atomic E-state index is -0.370. The summed E-state index contributed by atoms with van der Waals surface area (Å²) < 4.78 is 1.57. The van der Waals surface area contributed by atoms with Crippen LogP contribution in [0, 0.1) is 18.3 Å². The molecule has 0 aliphatic carbocycles. The molecule has 0 radical (unpaired) electrons. The quantitative estimate of drug-likeness (QED) is 0.548. The second-order valence-corrected chi connectivity index (χ2v) is 8.37. The summed E-state index contributed by atoms with van der Waals surface area (Å²) in [6.45, 7) is 6.34. The summed E-state index contributed by atoms with van der Waals surface area (Å²) in [5.74, 6) is 0.154. The van der Waals surface area contributed by atoms with Gasteiger partial charge in [0.15, 0.2) is 5.69 Å². The molecule has 0 amide bonds. The van der Waals surface area contributed by atoms with Crippen LogP contribution in [-0.4, -0.2) is 27.6 Å². The zero-order chi connectivity index (χ0) is 21.9. The van der Waals surface area contributed by atoms with Crippen molar-refractivity contribution in [2.75, 3.05) is 11.9 Å². The maximum absolute atomic E-state index is 13.1. The molecule has 0 saturated heterocycles. The summed E-state index contributed by atoms with van der Waals surface area (Å²) >= 11 is 6.01. The lowest BCUT2D eigenvalue weighted by Gasteiger charge is -2.19. The number of aryl methyl sites for hydroxylation is 1. The minimum Gasteiger partial charge on any atom is -0.369 e. The van der Waals surface area contributed by atoms with E-state index in [9.17, 15) is 10.1 Å². The Balaban J connectivity index is 2.08. The summed E-state index contributed by atoms with van der Waals surface area (Å²) in [5.41, 5.74) is 8.23. The summed E-state index contributed by atoms with van der Waals surface area (Å²) in [5, 5.41) is 18.2. The van der Waals surface area contributed by atoms with Gasteiger partial charge in [-0.15, -0.1) is 0 Å². The van der Waals surface area contributed by atoms with E-state index in [4.69, 9.17) is 17.3 Å². The van der Waals surface area contributed by atoms with Gasteiger partial charge in [-0.1, -0.05) is 41.4 Å². The van der Waals surface area contributed by atoms with E-state index in [0.29, 0.717) is 35.1 Å². The predicted octanol–water partition coefficient (Wildman–Crippen LogP) is 4.48. The van der Waals surface area contributed by atoms with E-state index >= 15 is 0 Å². The smallest absolute Gasteiger partial charge is 0.214 e. The van der Waals surface area contributed by atoms with Crippen LogP contribution in [0.2, 0.25) is 5.02 Å². The molecule has 0 aliphatic rings. The van der Waals surface area contributed by atoms with Gasteiger partial charge in [-0.3, -0.25) is 4.79 Å². The monoisotopic (exact) mass is 421 g/mol. The van der Waals surface area contributed by atoms with Crippen molar-refractivity contribution >= 4 is 23.2 Å². The molecule has 3 N–H and O–H groups in total. The van der Waals surface area contributed by atoms with E-state index in [0.717, 1.165) is 5.56 Å². The van der Waals surface area contributed by atoms with Gasteiger partial charge < -0.3 is 11.1 Å². The first-order chi connectivity index (χ1) is 14.2. The fraction of sp³-hybridized carbons (Fsp3) is 0.261. The Labute approximate surface area is 181 Å². The number of ketones is 1. The molecule has 30 heavy (non-hydrogen) atoms. The van der Waals surface area contributed by atoms with E-state index in [1.54, 1.807) is 41.1 Å². The molecule has 154 valence electrons. The maximum atomic E-state index is 13.1. The van der Waals surface area contributed by atoms with Crippen molar-refractivity contribution in [1.82, 2.24) is 9.78 Å². The topological polar surface area (TPSA) is 96.7 Å². The SMILES string of the molecule is Cc1ccc(C(=O)c2nn(-c3ccc(Cl)cc3)c(NCCC(C)(C)N)c2C#N)cc1. The Morgan fingerprint density at radius 1 is 1.20 bits per heavy atom. The van der Waals surface area contributed by atoms with Crippen molar-refractivity contribution in [1.29, 1.82) is 5.26 Å². The fourth-order valence-electron chi connectivity index (χ4n) is 2.96. The Bertz CT molecular complexity index is 1090. The Morgan fingerprint density at radius 2 is 1.83 bits per heavy atom. The number of nitriles is 1. The molecule has 0 atom stereocenters. The number of rotatable bonds is 7. The molecule has 0 unspecified atom stereocenters. The molecule has 0 fully saturated rings. The average molecular weight is 422 g/mol. The molecule has 3 rings (SSSR count). The molecule has 3 aromatic rings. The number of benzene rings is 2. The van der Waals surface area contributed by atoms with Crippen LogP contribution in [0.25, 0.3) is 5.69 Å². The summed E-state index contributed by atoms with van der Waals surface area (Å²) in [6, 6.07) is 16.4. The molecule has 2 aromatic carbocycles. The van der Waals surface area contributed by atoms with Gasteiger partial charge in [0, 0.05) is 22.7 Å². The third-order valence-electron chi connectivity index (χ3n) is 4.66. The highest BCUT2D eigenvalue weighted by Crippen LogP contribution is 2.26. The molecule has 7 heteroatoms. The number of carbonyl (C=O) groups is 1. The summed E-state index contributed by atoms with van der Waals surface area (Å²) in [4.78, 5) is 13.1. The number of hydrogen-bond acceptors (Lipinski definition) is 5. The van der Waals surface area contributed by atoms with Crippen molar-refractivity contribution in [2.45, 2.75) is 32.7 Å². The zero-order valence-electron chi connectivity index (χ0n) is 17.2. The van der Waals surface area contributed by atoms with Gasteiger partial charge in [0.1, 0.15) is 17.5 Å². The van der Waals surface area contributed by atoms with E-state index < -0.39 is 0 Å². The molecule has 6 nitrogen and oxygen atoms in total. The van der Waals surface area contributed by atoms with E-state index in [1.807, 2.05) is 32.9 Å². The Kier molecular flexibility index (Phi) is 6.25. The van der Waals surface area contributed by atoms with Crippen molar-refractivity contribution in [3.05, 3.63) is 75.9 Å². The molecule has 0 aliphatic heterocycles. The largest absolute Gasteiger partial charge is 0.369 e. The van der Waals surface area contributed by atoms with Crippen molar-refractivity contribution in [2.24, 2.45) is 5.73 Å². The number of anilines is 1. The number of nitrogens with zero attached hydrogens (tertiary/aromatic N) is 3. The van der Waals surface area contributed by atoms with Crippen molar-refractivity contribution < 1.29 is 4.79 Å². The second kappa shape index (κ2) is 8.70. The molecule has 0 saturated carbocycles. The first kappa shape index (κ1) is 21.6. The van der Waals surface area contributed by atoms with Gasteiger partial charge in [-0.25, -0.2) is 4.68 Å². The molecule has 1 heterocycles. The van der Waals surface area contributed by atoms with Gasteiger partial charge in [0.25, 0.3) is 0 Å². The minimum absolute atomic E-state index is 0.103. The lowest BCUT2D eigenvalue weighted by atomic mass is 10.0. The van der Waals surface area contributed by atoms with E-state index in [2.05, 4.69) is 16.5 Å². The average Bonchev–Trinajstić information content (AvgIpc) is 3.06. The first-order valence-electron chi connectivity index (χ1n) is 9.63. The number of hydrogen-bond donors (Lipinski definition) is 2. The molecule has 0 spiro atoms. The fourth-order valence-corrected chi connectivity index (χ4v) is 3.09. The lowest BCUT2D eigenvalue weighted by molar-refractivity contribution is 0.103. The van der Waals surface area contributed by atoms with Crippen LogP contribution in [-0.2, 0) is 0 Å². The molecular formula is C23H24ClN5O. The maximum Gasteiger partial charge on any atom is 0.214 e. The van der Waals surface area contributed by atoms with Gasteiger partial charge in [0.2, 0.25) is 5.78 Å². The molecule has 0 bridgehead atoms. The van der Waals surface area contributed by atoms with E-state index in [1.165, 1.54) is 0 Å². The van der Waals surface area contributed by atoms with Crippen LogP contribution in [0.1, 0.15) is 47.4 Å². The Hall–Kier alpha value is -3.14. The Morgan fingerprint density at radius 3 is 2.40 bits per heavy atom. The second-order valence-electron chi connectivity index (χ2n) is 7.93. The molecule has 1 aromatic heterocycles. The highest BCUT2D eigenvalue weighted by molar-refractivity contribution is 6.30. The zero-order valence-corrected chi connectivity index (χ0v) is 18.0. The van der Waals surface area contributed by atoms with Gasteiger partial charge in [0.05, 0.1) is 5.69 Å². The van der Waals surface area contributed by atoms with Crippen LogP contribution in [0.15, 0.2) is 48.5 Å². The third kappa shape index (κ3) is 4.88. The summed E-state index contributed by atoms with van der Waals surface area (Å²) in [7, 11) is 0. The van der Waals surface area contributed by atoms with Gasteiger partial charge in [-0.05, 0) is 51.5 Å². The summed E-state index contributed by atoms with van der Waals surface area (Å²) in [6.07, 6.45) is 0.672. The number of aromatic nitrogens is 2. The number of carbonyl (C=O) groups excluding carboxylic acids is 1. The van der Waals surface area contributed by atoms with Crippen LogP contribution in [0.4, 0.5) is 5.82 Å². The van der Waals surface area contributed by atoms with E-state index in [-0.39, 0.29) is 22.6 Å². The first-order valence-corrected chi connectivity index (χ1v) is 10.0. The molecular weight excluding hydrogens is 398 g/mol.